The van der Waals surface area contributed by atoms with Crippen LogP contribution >= 0.6 is 0 Å². The fraction of sp³-hybridized carbons (Fsp3) is 0.676. The number of carbonyl (C=O) groups is 4. The van der Waals surface area contributed by atoms with Gasteiger partial charge in [-0.15, -0.1) is 6.42 Å². The minimum atomic E-state index is -0.768. The molecule has 0 aliphatic carbocycles. The van der Waals surface area contributed by atoms with E-state index < -0.39 is 28.8 Å². The van der Waals surface area contributed by atoms with Gasteiger partial charge in [0.2, 0.25) is 0 Å². The molecule has 274 valence electrons. The van der Waals surface area contributed by atoms with E-state index in [0.29, 0.717) is 63.5 Å². The molecule has 1 fully saturated rings. The first kappa shape index (κ1) is 41.7. The monoisotopic (exact) mass is 686 g/mol. The summed E-state index contributed by atoms with van der Waals surface area (Å²) in [5.74, 6) is 1.06. The van der Waals surface area contributed by atoms with E-state index in [2.05, 4.69) is 5.92 Å². The molecule has 0 aromatic heterocycles. The van der Waals surface area contributed by atoms with Gasteiger partial charge in [0.1, 0.15) is 22.8 Å². The SMILES string of the molecule is C#Cc1ccc(C(C(=O)OC)N2CCN(CC(=O)OC(C)(C)C)CCN(CC(=O)OC(C)(C)C)CCN(CC(=O)OC(C)(C)C)CC2)cc1. The number of carbonyl (C=O) groups excluding carboxylic acids is 4. The molecular formula is C37H58N4O8. The van der Waals surface area contributed by atoms with E-state index in [1.165, 1.54) is 7.11 Å². The van der Waals surface area contributed by atoms with Gasteiger partial charge in [-0.2, -0.15) is 0 Å². The van der Waals surface area contributed by atoms with Gasteiger partial charge in [0, 0.05) is 57.9 Å². The van der Waals surface area contributed by atoms with Crippen LogP contribution in [-0.2, 0) is 38.1 Å². The molecule has 1 aromatic carbocycles. The number of nitrogens with zero attached hydrogens (tertiary/aromatic N) is 4. The van der Waals surface area contributed by atoms with Gasteiger partial charge in [0.25, 0.3) is 0 Å². The van der Waals surface area contributed by atoms with Crippen LogP contribution in [0.2, 0.25) is 0 Å². The summed E-state index contributed by atoms with van der Waals surface area (Å²) in [5.41, 5.74) is -0.564. The van der Waals surface area contributed by atoms with Crippen LogP contribution in [0.15, 0.2) is 24.3 Å². The molecule has 1 saturated heterocycles. The van der Waals surface area contributed by atoms with Crippen molar-refractivity contribution in [1.29, 1.82) is 0 Å². The summed E-state index contributed by atoms with van der Waals surface area (Å²) in [7, 11) is 1.35. The molecule has 0 spiro atoms. The van der Waals surface area contributed by atoms with Crippen molar-refractivity contribution >= 4 is 23.9 Å². The molecule has 0 bridgehead atoms. The number of hydrogen-bond acceptors (Lipinski definition) is 12. The van der Waals surface area contributed by atoms with Crippen LogP contribution in [0.4, 0.5) is 0 Å². The van der Waals surface area contributed by atoms with Crippen molar-refractivity contribution in [2.75, 3.05) is 79.1 Å². The zero-order valence-electron chi connectivity index (χ0n) is 31.3. The van der Waals surface area contributed by atoms with Gasteiger partial charge in [0.15, 0.2) is 0 Å². The Balaban J connectivity index is 2.49. The molecule has 1 aliphatic heterocycles. The second-order valence-electron chi connectivity index (χ2n) is 15.3. The molecule has 12 nitrogen and oxygen atoms in total. The van der Waals surface area contributed by atoms with E-state index in [1.54, 1.807) is 12.1 Å². The molecule has 2 rings (SSSR count). The molecule has 0 radical (unpaired) electrons. The molecule has 12 heteroatoms. The lowest BCUT2D eigenvalue weighted by Crippen LogP contribution is -2.50. The highest BCUT2D eigenvalue weighted by Crippen LogP contribution is 2.24. The van der Waals surface area contributed by atoms with Gasteiger partial charge in [-0.3, -0.25) is 34.0 Å². The van der Waals surface area contributed by atoms with Gasteiger partial charge >= 0.3 is 23.9 Å². The van der Waals surface area contributed by atoms with Crippen LogP contribution < -0.4 is 0 Å². The summed E-state index contributed by atoms with van der Waals surface area (Å²) in [6.45, 7) is 19.8. The largest absolute Gasteiger partial charge is 0.468 e. The minimum absolute atomic E-state index is 0.0237. The number of hydrogen-bond donors (Lipinski definition) is 0. The summed E-state index contributed by atoms with van der Waals surface area (Å²) in [5, 5.41) is 0. The van der Waals surface area contributed by atoms with Crippen LogP contribution in [0, 0.1) is 12.3 Å². The number of esters is 4. The van der Waals surface area contributed by atoms with Crippen LogP contribution in [0.3, 0.4) is 0 Å². The second kappa shape index (κ2) is 18.5. The molecule has 1 heterocycles. The van der Waals surface area contributed by atoms with Crippen LogP contribution in [0.5, 0.6) is 0 Å². The molecule has 1 unspecified atom stereocenters. The zero-order valence-corrected chi connectivity index (χ0v) is 31.3. The lowest BCUT2D eigenvalue weighted by molar-refractivity contribution is -0.159. The highest BCUT2D eigenvalue weighted by atomic mass is 16.6. The van der Waals surface area contributed by atoms with Crippen molar-refractivity contribution in [3.63, 3.8) is 0 Å². The fourth-order valence-corrected chi connectivity index (χ4v) is 5.32. The topological polar surface area (TPSA) is 118 Å². The maximum Gasteiger partial charge on any atom is 0.327 e. The third-order valence-electron chi connectivity index (χ3n) is 7.37. The van der Waals surface area contributed by atoms with Crippen LogP contribution in [0.1, 0.15) is 79.5 Å². The Morgan fingerprint density at radius 2 is 0.959 bits per heavy atom. The predicted octanol–water partition coefficient (Wildman–Crippen LogP) is 3.13. The Morgan fingerprint density at radius 3 is 1.24 bits per heavy atom. The minimum Gasteiger partial charge on any atom is -0.468 e. The summed E-state index contributed by atoms with van der Waals surface area (Å²) >= 11 is 0. The van der Waals surface area contributed by atoms with Gasteiger partial charge in [0.05, 0.1) is 26.7 Å². The Labute approximate surface area is 293 Å². The predicted molar refractivity (Wildman–Crippen MR) is 188 cm³/mol. The summed E-state index contributed by atoms with van der Waals surface area (Å²) in [4.78, 5) is 60.2. The molecule has 0 amide bonds. The number of terminal acetylenes is 1. The van der Waals surface area contributed by atoms with Crippen molar-refractivity contribution in [3.8, 4) is 12.3 Å². The molecule has 1 aliphatic rings. The van der Waals surface area contributed by atoms with Crippen molar-refractivity contribution in [2.24, 2.45) is 0 Å². The second-order valence-corrected chi connectivity index (χ2v) is 15.3. The average molecular weight is 687 g/mol. The Morgan fingerprint density at radius 1 is 0.633 bits per heavy atom. The highest BCUT2D eigenvalue weighted by Gasteiger charge is 2.31. The number of rotatable bonds is 9. The van der Waals surface area contributed by atoms with E-state index >= 15 is 0 Å². The van der Waals surface area contributed by atoms with E-state index in [4.69, 9.17) is 25.4 Å². The summed E-state index contributed by atoms with van der Waals surface area (Å²) in [6, 6.07) is 6.43. The standard InChI is InChI=1S/C37H58N4O8/c1-12-28-13-15-29(16-14-28)33(34(45)46-11)41-23-21-39(26-31(43)48-36(5,6)7)19-17-38(25-30(42)47-35(2,3)4)18-20-40(22-24-41)27-32(44)49-37(8,9)10/h1,13-16,33H,17-27H2,2-11H3. The lowest BCUT2D eigenvalue weighted by Gasteiger charge is -2.36. The van der Waals surface area contributed by atoms with Gasteiger partial charge in [-0.25, -0.2) is 4.79 Å². The Bertz CT molecular complexity index is 1240. The summed E-state index contributed by atoms with van der Waals surface area (Å²) < 4.78 is 22.2. The fourth-order valence-electron chi connectivity index (χ4n) is 5.32. The third kappa shape index (κ3) is 16.6. The smallest absolute Gasteiger partial charge is 0.327 e. The summed E-state index contributed by atoms with van der Waals surface area (Å²) in [6.07, 6.45) is 5.58. The third-order valence-corrected chi connectivity index (χ3v) is 7.37. The van der Waals surface area contributed by atoms with Gasteiger partial charge in [-0.05, 0) is 80.0 Å². The highest BCUT2D eigenvalue weighted by molar-refractivity contribution is 5.77. The Kier molecular flexibility index (Phi) is 15.7. The van der Waals surface area contributed by atoms with E-state index in [-0.39, 0.29) is 37.5 Å². The first-order valence-corrected chi connectivity index (χ1v) is 16.9. The molecule has 0 N–H and O–H groups in total. The first-order valence-electron chi connectivity index (χ1n) is 16.9. The number of methoxy groups -OCH3 is 1. The molecule has 49 heavy (non-hydrogen) atoms. The molecule has 1 atom stereocenters. The van der Waals surface area contributed by atoms with Crippen molar-refractivity contribution in [3.05, 3.63) is 35.4 Å². The van der Waals surface area contributed by atoms with Gasteiger partial charge in [-0.1, -0.05) is 18.1 Å². The Hall–Kier alpha value is -3.50. The van der Waals surface area contributed by atoms with E-state index in [9.17, 15) is 19.2 Å². The first-order chi connectivity index (χ1) is 22.7. The molecule has 1 aromatic rings. The van der Waals surface area contributed by atoms with E-state index in [1.807, 2.05) is 94.0 Å². The van der Waals surface area contributed by atoms with Crippen LogP contribution in [0.25, 0.3) is 0 Å². The lowest BCUT2D eigenvalue weighted by atomic mass is 10.0. The molecule has 0 saturated carbocycles. The van der Waals surface area contributed by atoms with Crippen LogP contribution in [-0.4, -0.2) is 139 Å². The quantitative estimate of drug-likeness (QED) is 0.216. The van der Waals surface area contributed by atoms with Gasteiger partial charge < -0.3 is 18.9 Å². The maximum absolute atomic E-state index is 13.4. The van der Waals surface area contributed by atoms with E-state index in [0.717, 1.165) is 0 Å². The maximum atomic E-state index is 13.4. The van der Waals surface area contributed by atoms with Crippen molar-refractivity contribution in [2.45, 2.75) is 85.2 Å². The molecular weight excluding hydrogens is 628 g/mol. The average Bonchev–Trinajstić information content (AvgIpc) is 2.95. The number of benzene rings is 1. The van der Waals surface area contributed by atoms with Crippen molar-refractivity contribution in [1.82, 2.24) is 19.6 Å². The normalized spacial score (nSPS) is 17.5. The van der Waals surface area contributed by atoms with Crippen molar-refractivity contribution < 1.29 is 38.1 Å². The zero-order chi connectivity index (χ0) is 37.0. The number of ether oxygens (including phenoxy) is 4.